The predicted octanol–water partition coefficient (Wildman–Crippen LogP) is 3.53. The smallest absolute Gasteiger partial charge is 0.406 e. The molecule has 0 spiro atoms. The molecular weight excluding hydrogens is 349 g/mol. The number of ether oxygens (including phenoxy) is 1. The summed E-state index contributed by atoms with van der Waals surface area (Å²) in [5.41, 5.74) is 0.816. The first-order chi connectivity index (χ1) is 12.3. The second-order valence-electron chi connectivity index (χ2n) is 5.79. The number of carbonyl (C=O) groups excluding carboxylic acids is 1. The summed E-state index contributed by atoms with van der Waals surface area (Å²) in [5, 5.41) is 2.95. The average Bonchev–Trinajstić information content (AvgIpc) is 3.10. The lowest BCUT2D eigenvalue weighted by molar-refractivity contribution is -0.162. The lowest BCUT2D eigenvalue weighted by Gasteiger charge is -2.24. The van der Waals surface area contributed by atoms with E-state index in [9.17, 15) is 18.0 Å². The first kappa shape index (κ1) is 19.8. The van der Waals surface area contributed by atoms with Crippen LogP contribution in [0.3, 0.4) is 0 Å². The molecule has 0 saturated carbocycles. The minimum Gasteiger partial charge on any atom is -0.496 e. The van der Waals surface area contributed by atoms with Gasteiger partial charge in [-0.1, -0.05) is 18.2 Å². The molecule has 0 unspecified atom stereocenters. The van der Waals surface area contributed by atoms with E-state index in [4.69, 9.17) is 9.15 Å². The van der Waals surface area contributed by atoms with Gasteiger partial charge in [-0.3, -0.25) is 4.79 Å². The third-order valence-electron chi connectivity index (χ3n) is 3.81. The van der Waals surface area contributed by atoms with Crippen LogP contribution in [0.2, 0.25) is 0 Å². The number of methoxy groups -OCH3 is 1. The molecule has 142 valence electrons. The molecule has 1 atom stereocenters. The Morgan fingerprint density at radius 2 is 2.00 bits per heavy atom. The Hall–Kier alpha value is -2.48. The van der Waals surface area contributed by atoms with Gasteiger partial charge in [-0.2, -0.15) is 13.2 Å². The van der Waals surface area contributed by atoms with Gasteiger partial charge in [0.05, 0.1) is 26.5 Å². The van der Waals surface area contributed by atoms with Crippen molar-refractivity contribution in [2.45, 2.75) is 25.7 Å². The number of furan rings is 1. The van der Waals surface area contributed by atoms with Crippen LogP contribution in [-0.4, -0.2) is 37.2 Å². The molecule has 1 amide bonds. The zero-order valence-electron chi connectivity index (χ0n) is 14.5. The number of nitrogens with one attached hydrogen (secondary N) is 1. The molecule has 0 aliphatic heterocycles. The van der Waals surface area contributed by atoms with Crippen molar-refractivity contribution >= 4 is 5.91 Å². The summed E-state index contributed by atoms with van der Waals surface area (Å²) in [6.07, 6.45) is -3.13. The number of carbonyl (C=O) groups is 1. The number of halogens is 3. The quantitative estimate of drug-likeness (QED) is 0.772. The molecule has 0 bridgehead atoms. The lowest BCUT2D eigenvalue weighted by Crippen LogP contribution is -2.43. The van der Waals surface area contributed by atoms with Crippen molar-refractivity contribution in [1.29, 1.82) is 0 Å². The normalized spacial score (nSPS) is 12.7. The fourth-order valence-electron chi connectivity index (χ4n) is 2.53. The van der Waals surface area contributed by atoms with Crippen molar-refractivity contribution < 1.29 is 27.1 Å². The van der Waals surface area contributed by atoms with Crippen LogP contribution in [0.25, 0.3) is 0 Å². The van der Waals surface area contributed by atoms with Crippen molar-refractivity contribution in [3.63, 3.8) is 0 Å². The summed E-state index contributed by atoms with van der Waals surface area (Å²) in [7, 11) is 1.53. The summed E-state index contributed by atoms with van der Waals surface area (Å²) < 4.78 is 48.7. The SMILES string of the molecule is COc1ccccc1[C@H](C)NCC(=O)N(Cc1ccco1)CC(F)(F)F. The lowest BCUT2D eigenvalue weighted by atomic mass is 10.1. The zero-order valence-corrected chi connectivity index (χ0v) is 14.5. The summed E-state index contributed by atoms with van der Waals surface area (Å²) >= 11 is 0. The molecule has 1 aromatic heterocycles. The standard InChI is InChI=1S/C18H21F3N2O3/c1-13(15-7-3-4-8-16(15)25-2)22-10-17(24)23(12-18(19,20)21)11-14-6-5-9-26-14/h3-9,13,22H,10-12H2,1-2H3/t13-/m0/s1. The van der Waals surface area contributed by atoms with Crippen LogP contribution in [0.15, 0.2) is 47.1 Å². The first-order valence-corrected chi connectivity index (χ1v) is 8.03. The highest BCUT2D eigenvalue weighted by Gasteiger charge is 2.33. The average molecular weight is 370 g/mol. The van der Waals surface area contributed by atoms with E-state index in [1.165, 1.54) is 19.4 Å². The molecule has 5 nitrogen and oxygen atoms in total. The van der Waals surface area contributed by atoms with Gasteiger partial charge < -0.3 is 19.4 Å². The first-order valence-electron chi connectivity index (χ1n) is 8.03. The van der Waals surface area contributed by atoms with Gasteiger partial charge in [0.1, 0.15) is 18.1 Å². The van der Waals surface area contributed by atoms with Gasteiger partial charge in [-0.25, -0.2) is 0 Å². The van der Waals surface area contributed by atoms with Crippen LogP contribution >= 0.6 is 0 Å². The highest BCUT2D eigenvalue weighted by Crippen LogP contribution is 2.24. The molecule has 2 aromatic rings. The molecule has 2 rings (SSSR count). The van der Waals surface area contributed by atoms with E-state index < -0.39 is 18.6 Å². The molecule has 0 saturated heterocycles. The van der Waals surface area contributed by atoms with Crippen molar-refractivity contribution in [3.8, 4) is 5.75 Å². The molecule has 1 N–H and O–H groups in total. The molecule has 0 aliphatic rings. The molecule has 0 radical (unpaired) electrons. The van der Waals surface area contributed by atoms with E-state index in [0.717, 1.165) is 10.5 Å². The van der Waals surface area contributed by atoms with Crippen LogP contribution in [0.4, 0.5) is 13.2 Å². The van der Waals surface area contributed by atoms with E-state index in [1.54, 1.807) is 12.1 Å². The van der Waals surface area contributed by atoms with Gasteiger partial charge in [0.2, 0.25) is 5.91 Å². The number of hydrogen-bond acceptors (Lipinski definition) is 4. The van der Waals surface area contributed by atoms with Crippen molar-refractivity contribution in [2.75, 3.05) is 20.2 Å². The molecule has 1 aromatic carbocycles. The Labute approximate surface area is 149 Å². The van der Waals surface area contributed by atoms with Gasteiger partial charge in [0.15, 0.2) is 0 Å². The largest absolute Gasteiger partial charge is 0.496 e. The Morgan fingerprint density at radius 1 is 1.27 bits per heavy atom. The molecule has 0 aliphatic carbocycles. The monoisotopic (exact) mass is 370 g/mol. The van der Waals surface area contributed by atoms with Crippen LogP contribution in [0, 0.1) is 0 Å². The second kappa shape index (κ2) is 8.75. The maximum Gasteiger partial charge on any atom is 0.406 e. The predicted molar refractivity (Wildman–Crippen MR) is 89.6 cm³/mol. The van der Waals surface area contributed by atoms with Crippen molar-refractivity contribution in [3.05, 3.63) is 54.0 Å². The van der Waals surface area contributed by atoms with Crippen LogP contribution in [0.1, 0.15) is 24.3 Å². The zero-order chi connectivity index (χ0) is 19.2. The van der Waals surface area contributed by atoms with Crippen molar-refractivity contribution in [2.24, 2.45) is 0 Å². The van der Waals surface area contributed by atoms with Gasteiger partial charge >= 0.3 is 6.18 Å². The third kappa shape index (κ3) is 5.80. The summed E-state index contributed by atoms with van der Waals surface area (Å²) in [5.74, 6) is 0.267. The highest BCUT2D eigenvalue weighted by molar-refractivity contribution is 5.78. The minimum absolute atomic E-state index is 0.240. The Balaban J connectivity index is 2.01. The summed E-state index contributed by atoms with van der Waals surface area (Å²) in [4.78, 5) is 13.1. The van der Waals surface area contributed by atoms with Gasteiger partial charge in [0.25, 0.3) is 0 Å². The molecule has 1 heterocycles. The number of hydrogen-bond donors (Lipinski definition) is 1. The molecular formula is C18H21F3N2O3. The number of para-hydroxylation sites is 1. The van der Waals surface area contributed by atoms with E-state index >= 15 is 0 Å². The van der Waals surface area contributed by atoms with E-state index in [1.807, 2.05) is 25.1 Å². The Kier molecular flexibility index (Phi) is 6.68. The number of alkyl halides is 3. The fraction of sp³-hybridized carbons (Fsp3) is 0.389. The second-order valence-corrected chi connectivity index (χ2v) is 5.79. The van der Waals surface area contributed by atoms with Crippen LogP contribution in [0.5, 0.6) is 5.75 Å². The number of benzene rings is 1. The minimum atomic E-state index is -4.49. The van der Waals surface area contributed by atoms with E-state index in [2.05, 4.69) is 5.32 Å². The third-order valence-corrected chi connectivity index (χ3v) is 3.81. The summed E-state index contributed by atoms with van der Waals surface area (Å²) in [6, 6.07) is 10.1. The van der Waals surface area contributed by atoms with E-state index in [-0.39, 0.29) is 19.1 Å². The van der Waals surface area contributed by atoms with Gasteiger partial charge in [0, 0.05) is 11.6 Å². The Bertz CT molecular complexity index is 702. The van der Waals surface area contributed by atoms with Crippen molar-refractivity contribution in [1.82, 2.24) is 10.2 Å². The summed E-state index contributed by atoms with van der Waals surface area (Å²) in [6.45, 7) is -0.00488. The highest BCUT2D eigenvalue weighted by atomic mass is 19.4. The maximum absolute atomic E-state index is 12.8. The molecule has 0 fully saturated rings. The topological polar surface area (TPSA) is 54.7 Å². The molecule has 26 heavy (non-hydrogen) atoms. The Morgan fingerprint density at radius 3 is 2.62 bits per heavy atom. The van der Waals surface area contributed by atoms with Crippen LogP contribution in [-0.2, 0) is 11.3 Å². The fourth-order valence-corrected chi connectivity index (χ4v) is 2.53. The van der Waals surface area contributed by atoms with E-state index in [0.29, 0.717) is 11.5 Å². The van der Waals surface area contributed by atoms with Gasteiger partial charge in [-0.15, -0.1) is 0 Å². The van der Waals surface area contributed by atoms with Gasteiger partial charge in [-0.05, 0) is 25.1 Å². The number of nitrogens with zero attached hydrogens (tertiary/aromatic N) is 1. The number of amides is 1. The number of rotatable bonds is 8. The van der Waals surface area contributed by atoms with Crippen LogP contribution < -0.4 is 10.1 Å². The maximum atomic E-state index is 12.8. The molecule has 8 heteroatoms.